The molecular weight excluding hydrogens is 228 g/mol. The van der Waals surface area contributed by atoms with E-state index >= 15 is 0 Å². The van der Waals surface area contributed by atoms with Gasteiger partial charge in [0.15, 0.2) is 0 Å². The topological polar surface area (TPSA) is 101 Å². The number of carbonyl (C=O) groups is 2. The number of carboxylic acid groups (broad SMARTS) is 2. The molecule has 0 unspecified atom stereocenters. The average Bonchev–Trinajstić information content (AvgIpc) is 2.52. The van der Waals surface area contributed by atoms with Crippen LogP contribution in [0, 0.1) is 0 Å². The number of likely N-dealkylation sites (tertiary alicyclic amines) is 1. The van der Waals surface area contributed by atoms with Crippen LogP contribution in [0.1, 0.15) is 19.8 Å². The molecule has 3 N–H and O–H groups in total. The second-order valence-electron chi connectivity index (χ2n) is 4.65. The Morgan fingerprint density at radius 2 is 1.88 bits per heavy atom. The van der Waals surface area contributed by atoms with Crippen LogP contribution < -0.4 is 0 Å². The summed E-state index contributed by atoms with van der Waals surface area (Å²) in [6.07, 6.45) is -1.75. The Labute approximate surface area is 98.2 Å². The van der Waals surface area contributed by atoms with Gasteiger partial charge in [-0.25, -0.2) is 9.59 Å². The zero-order valence-electron chi connectivity index (χ0n) is 9.48. The van der Waals surface area contributed by atoms with E-state index in [0.717, 1.165) is 0 Å². The van der Waals surface area contributed by atoms with Crippen molar-refractivity contribution < 1.29 is 24.9 Å². The predicted octanol–water partition coefficient (Wildman–Crippen LogP) is 0.240. The molecule has 2 fully saturated rings. The number of fused-ring (bicyclic) bond motifs is 2. The first kappa shape index (κ1) is 12.0. The van der Waals surface area contributed by atoms with Crippen LogP contribution in [0.15, 0.2) is 0 Å². The van der Waals surface area contributed by atoms with Crippen LogP contribution in [0.25, 0.3) is 0 Å². The Bertz CT molecular complexity index is 346. The summed E-state index contributed by atoms with van der Waals surface area (Å²) >= 11 is 0. The lowest BCUT2D eigenvalue weighted by Gasteiger charge is -2.45. The van der Waals surface area contributed by atoms with Gasteiger partial charge in [-0.2, -0.15) is 0 Å². The first-order valence-corrected chi connectivity index (χ1v) is 5.62. The van der Waals surface area contributed by atoms with E-state index < -0.39 is 30.4 Å². The monoisotopic (exact) mass is 244 g/mol. The molecule has 2 aliphatic heterocycles. The molecule has 7 heteroatoms. The summed E-state index contributed by atoms with van der Waals surface area (Å²) in [5.41, 5.74) is 0. The molecule has 2 heterocycles. The molecule has 2 saturated heterocycles. The lowest BCUT2D eigenvalue weighted by Crippen LogP contribution is -2.65. The summed E-state index contributed by atoms with van der Waals surface area (Å²) in [7, 11) is 0. The van der Waals surface area contributed by atoms with Crippen molar-refractivity contribution in [3.8, 4) is 0 Å². The smallest absolute Gasteiger partial charge is 0.407 e. The van der Waals surface area contributed by atoms with Crippen molar-refractivity contribution >= 4 is 12.2 Å². The number of amides is 2. The van der Waals surface area contributed by atoms with Gasteiger partial charge in [0.1, 0.15) is 0 Å². The second-order valence-corrected chi connectivity index (χ2v) is 4.65. The van der Waals surface area contributed by atoms with Crippen LogP contribution in [-0.2, 0) is 0 Å². The van der Waals surface area contributed by atoms with E-state index in [2.05, 4.69) is 0 Å². The van der Waals surface area contributed by atoms with Gasteiger partial charge >= 0.3 is 12.2 Å². The lowest BCUT2D eigenvalue weighted by molar-refractivity contribution is -0.0222. The van der Waals surface area contributed by atoms with Crippen LogP contribution in [0.4, 0.5) is 9.59 Å². The molecule has 96 valence electrons. The van der Waals surface area contributed by atoms with Crippen molar-refractivity contribution in [2.24, 2.45) is 0 Å². The number of aliphatic hydroxyl groups excluding tert-OH is 1. The van der Waals surface area contributed by atoms with Crippen molar-refractivity contribution in [1.82, 2.24) is 9.80 Å². The van der Waals surface area contributed by atoms with Gasteiger partial charge in [0.05, 0.1) is 24.2 Å². The van der Waals surface area contributed by atoms with E-state index in [1.54, 1.807) is 0 Å². The number of nitrogens with zero attached hydrogens (tertiary/aromatic N) is 2. The first-order valence-electron chi connectivity index (χ1n) is 5.62. The summed E-state index contributed by atoms with van der Waals surface area (Å²) in [6, 6.07) is -1.37. The third-order valence-electron chi connectivity index (χ3n) is 3.67. The molecule has 2 amide bonds. The Morgan fingerprint density at radius 3 is 2.35 bits per heavy atom. The molecule has 4 atom stereocenters. The van der Waals surface area contributed by atoms with Crippen molar-refractivity contribution in [2.45, 2.75) is 44.0 Å². The zero-order valence-corrected chi connectivity index (χ0v) is 9.48. The minimum atomic E-state index is -1.10. The molecule has 0 aromatic heterocycles. The maximum Gasteiger partial charge on any atom is 0.407 e. The molecule has 2 bridgehead atoms. The Kier molecular flexibility index (Phi) is 2.86. The van der Waals surface area contributed by atoms with Gasteiger partial charge in [-0.3, -0.25) is 9.80 Å². The van der Waals surface area contributed by atoms with Gasteiger partial charge in [-0.1, -0.05) is 0 Å². The van der Waals surface area contributed by atoms with Gasteiger partial charge in [-0.05, 0) is 19.8 Å². The van der Waals surface area contributed by atoms with Crippen LogP contribution in [0.2, 0.25) is 0 Å². The van der Waals surface area contributed by atoms with Crippen molar-refractivity contribution in [3.63, 3.8) is 0 Å². The molecular formula is C10H16N2O5. The summed E-state index contributed by atoms with van der Waals surface area (Å²) in [6.45, 7) is 1.65. The number of hydrogen-bond donors (Lipinski definition) is 3. The molecule has 0 aromatic rings. The number of piperazine rings is 1. The van der Waals surface area contributed by atoms with E-state index in [0.29, 0.717) is 12.8 Å². The molecule has 0 radical (unpaired) electrons. The quantitative estimate of drug-likeness (QED) is 0.613. The van der Waals surface area contributed by atoms with Crippen molar-refractivity contribution in [3.05, 3.63) is 0 Å². The van der Waals surface area contributed by atoms with Crippen molar-refractivity contribution in [2.75, 3.05) is 6.54 Å². The van der Waals surface area contributed by atoms with Gasteiger partial charge in [0.25, 0.3) is 0 Å². The highest BCUT2D eigenvalue weighted by Gasteiger charge is 2.51. The van der Waals surface area contributed by atoms with E-state index in [9.17, 15) is 14.7 Å². The Balaban J connectivity index is 2.30. The SMILES string of the molecule is C[C@H](O)[C@@H]1[C@@H]2CC[C@H](CN1C(=O)O)N2C(=O)O. The maximum absolute atomic E-state index is 11.1. The first-order chi connectivity index (χ1) is 7.93. The van der Waals surface area contributed by atoms with E-state index in [-0.39, 0.29) is 12.6 Å². The number of rotatable bonds is 1. The van der Waals surface area contributed by atoms with E-state index in [4.69, 9.17) is 10.2 Å². The average molecular weight is 244 g/mol. The summed E-state index contributed by atoms with van der Waals surface area (Å²) in [5, 5.41) is 27.9. The molecule has 17 heavy (non-hydrogen) atoms. The summed E-state index contributed by atoms with van der Waals surface area (Å²) < 4.78 is 0. The second kappa shape index (κ2) is 4.06. The minimum Gasteiger partial charge on any atom is -0.465 e. The van der Waals surface area contributed by atoms with Crippen LogP contribution in [0.5, 0.6) is 0 Å². The standard InChI is InChI=1S/C10H16N2O5/c1-5(13)8-7-3-2-6(12(7)10(16)17)4-11(8)9(14)15/h5-8,13H,2-4H2,1H3,(H,14,15)(H,16,17)/t5-,6+,7-,8+/m0/s1. The summed E-state index contributed by atoms with van der Waals surface area (Å²) in [4.78, 5) is 24.7. The van der Waals surface area contributed by atoms with Crippen molar-refractivity contribution in [1.29, 1.82) is 0 Å². The van der Waals surface area contributed by atoms with Gasteiger partial charge in [-0.15, -0.1) is 0 Å². The minimum absolute atomic E-state index is 0.147. The van der Waals surface area contributed by atoms with Crippen LogP contribution in [-0.4, -0.2) is 68.1 Å². The van der Waals surface area contributed by atoms with Gasteiger partial charge < -0.3 is 15.3 Å². The summed E-state index contributed by atoms with van der Waals surface area (Å²) in [5.74, 6) is 0. The van der Waals surface area contributed by atoms with Crippen LogP contribution >= 0.6 is 0 Å². The normalized spacial score (nSPS) is 33.6. The molecule has 2 rings (SSSR count). The van der Waals surface area contributed by atoms with E-state index in [1.165, 1.54) is 16.7 Å². The van der Waals surface area contributed by atoms with Gasteiger partial charge in [0.2, 0.25) is 0 Å². The highest BCUT2D eigenvalue weighted by molar-refractivity contribution is 5.70. The fraction of sp³-hybridized carbons (Fsp3) is 0.800. The third-order valence-corrected chi connectivity index (χ3v) is 3.67. The number of aliphatic hydroxyl groups is 1. The van der Waals surface area contributed by atoms with Gasteiger partial charge in [0, 0.05) is 6.54 Å². The number of hydrogen-bond acceptors (Lipinski definition) is 3. The maximum atomic E-state index is 11.1. The molecule has 0 spiro atoms. The fourth-order valence-corrected chi connectivity index (χ4v) is 3.07. The Hall–Kier alpha value is -1.50. The lowest BCUT2D eigenvalue weighted by atomic mass is 9.99. The molecule has 7 nitrogen and oxygen atoms in total. The molecule has 2 aliphatic rings. The highest BCUT2D eigenvalue weighted by Crippen LogP contribution is 2.35. The van der Waals surface area contributed by atoms with E-state index in [1.807, 2.05) is 0 Å². The molecule has 0 aliphatic carbocycles. The molecule has 0 saturated carbocycles. The third kappa shape index (κ3) is 1.80. The zero-order chi connectivity index (χ0) is 12.7. The Morgan fingerprint density at radius 1 is 1.24 bits per heavy atom. The largest absolute Gasteiger partial charge is 0.465 e. The fourth-order valence-electron chi connectivity index (χ4n) is 3.07. The molecule has 0 aromatic carbocycles. The highest BCUT2D eigenvalue weighted by atomic mass is 16.4. The van der Waals surface area contributed by atoms with Crippen LogP contribution in [0.3, 0.4) is 0 Å². The predicted molar refractivity (Wildman–Crippen MR) is 56.9 cm³/mol.